The van der Waals surface area contributed by atoms with E-state index in [-0.39, 0.29) is 11.6 Å². The summed E-state index contributed by atoms with van der Waals surface area (Å²) >= 11 is 3.19. The minimum atomic E-state index is -0.573. The lowest BCUT2D eigenvalue weighted by Gasteiger charge is -2.12. The second kappa shape index (κ2) is 7.02. The van der Waals surface area contributed by atoms with Crippen LogP contribution in [0.25, 0.3) is 6.08 Å². The third kappa shape index (κ3) is 3.39. The molecule has 0 N–H and O–H groups in total. The number of esters is 1. The van der Waals surface area contributed by atoms with Crippen molar-refractivity contribution >= 4 is 33.9 Å². The summed E-state index contributed by atoms with van der Waals surface area (Å²) in [5.74, 6) is 1.29. The molecule has 25 heavy (non-hydrogen) atoms. The van der Waals surface area contributed by atoms with Gasteiger partial charge in [0, 0.05) is 0 Å². The first kappa shape index (κ1) is 17.1. The quantitative estimate of drug-likeness (QED) is 0.557. The molecule has 2 heterocycles. The van der Waals surface area contributed by atoms with Crippen LogP contribution in [0.15, 0.2) is 44.0 Å². The molecule has 1 aliphatic heterocycles. The molecule has 130 valence electrons. The van der Waals surface area contributed by atoms with Gasteiger partial charge in [-0.25, -0.2) is 9.79 Å². The molecule has 0 unspecified atom stereocenters. The molecule has 1 aromatic heterocycles. The van der Waals surface area contributed by atoms with E-state index in [2.05, 4.69) is 20.9 Å². The molecule has 0 spiro atoms. The Morgan fingerprint density at radius 2 is 1.76 bits per heavy atom. The minimum Gasteiger partial charge on any atom is -0.493 e. The normalized spacial score (nSPS) is 15.1. The number of benzene rings is 1. The van der Waals surface area contributed by atoms with Gasteiger partial charge in [-0.15, -0.1) is 0 Å². The Bertz CT molecular complexity index is 858. The van der Waals surface area contributed by atoms with E-state index in [0.29, 0.717) is 33.2 Å². The summed E-state index contributed by atoms with van der Waals surface area (Å²) < 4.78 is 26.9. The number of halogens is 1. The molecular weight excluding hydrogens is 394 g/mol. The van der Waals surface area contributed by atoms with Crippen molar-refractivity contribution in [1.82, 2.24) is 0 Å². The summed E-state index contributed by atoms with van der Waals surface area (Å²) in [6.07, 6.45) is 1.57. The Kier molecular flexibility index (Phi) is 4.80. The van der Waals surface area contributed by atoms with Crippen molar-refractivity contribution in [3.05, 3.63) is 46.0 Å². The van der Waals surface area contributed by atoms with E-state index in [9.17, 15) is 4.79 Å². The Labute approximate surface area is 152 Å². The van der Waals surface area contributed by atoms with Gasteiger partial charge >= 0.3 is 5.97 Å². The van der Waals surface area contributed by atoms with Gasteiger partial charge in [0.05, 0.1) is 21.3 Å². The van der Waals surface area contributed by atoms with Crippen LogP contribution in [0.4, 0.5) is 0 Å². The van der Waals surface area contributed by atoms with Crippen LogP contribution in [0.1, 0.15) is 11.3 Å². The first-order chi connectivity index (χ1) is 12.0. The number of hydrogen-bond donors (Lipinski definition) is 0. The summed E-state index contributed by atoms with van der Waals surface area (Å²) in [5.41, 5.74) is 0.781. The van der Waals surface area contributed by atoms with Crippen LogP contribution in [0.3, 0.4) is 0 Å². The average molecular weight is 408 g/mol. The van der Waals surface area contributed by atoms with Gasteiger partial charge in [-0.3, -0.25) is 0 Å². The van der Waals surface area contributed by atoms with Crippen LogP contribution in [0, 0.1) is 0 Å². The van der Waals surface area contributed by atoms with Crippen LogP contribution in [-0.2, 0) is 9.53 Å². The van der Waals surface area contributed by atoms with E-state index < -0.39 is 5.97 Å². The number of rotatable bonds is 5. The molecule has 2 aromatic rings. The van der Waals surface area contributed by atoms with Crippen molar-refractivity contribution in [1.29, 1.82) is 0 Å². The van der Waals surface area contributed by atoms with E-state index in [1.165, 1.54) is 21.3 Å². The summed E-state index contributed by atoms with van der Waals surface area (Å²) in [4.78, 5) is 16.2. The second-order valence-corrected chi connectivity index (χ2v) is 5.68. The lowest BCUT2D eigenvalue weighted by atomic mass is 10.1. The van der Waals surface area contributed by atoms with E-state index in [4.69, 9.17) is 23.4 Å². The second-order valence-electron chi connectivity index (χ2n) is 4.90. The zero-order valence-electron chi connectivity index (χ0n) is 13.7. The lowest BCUT2D eigenvalue weighted by Crippen LogP contribution is -2.04. The topological polar surface area (TPSA) is 79.5 Å². The van der Waals surface area contributed by atoms with E-state index in [1.54, 1.807) is 30.3 Å². The van der Waals surface area contributed by atoms with Gasteiger partial charge in [0.2, 0.25) is 5.75 Å². The fourth-order valence-electron chi connectivity index (χ4n) is 2.29. The molecule has 0 saturated carbocycles. The molecule has 0 amide bonds. The van der Waals surface area contributed by atoms with Gasteiger partial charge in [0.15, 0.2) is 27.6 Å². The maximum absolute atomic E-state index is 12.1. The van der Waals surface area contributed by atoms with Crippen LogP contribution in [0.2, 0.25) is 0 Å². The van der Waals surface area contributed by atoms with Gasteiger partial charge in [0.25, 0.3) is 5.90 Å². The Hall–Kier alpha value is -2.74. The van der Waals surface area contributed by atoms with E-state index in [0.717, 1.165) is 0 Å². The SMILES string of the molecule is COc1cc(/C=C2/N=C(c3ccc(Br)o3)OC2=O)cc(OC)c1OC. The van der Waals surface area contributed by atoms with Crippen molar-refractivity contribution in [3.63, 3.8) is 0 Å². The van der Waals surface area contributed by atoms with Crippen LogP contribution >= 0.6 is 15.9 Å². The van der Waals surface area contributed by atoms with Crippen LogP contribution in [-0.4, -0.2) is 33.2 Å². The summed E-state index contributed by atoms with van der Waals surface area (Å²) in [6.45, 7) is 0. The molecular formula is C17H14BrNO6. The molecule has 0 aliphatic carbocycles. The third-order valence-corrected chi connectivity index (χ3v) is 3.82. The molecule has 8 heteroatoms. The molecule has 1 aliphatic rings. The van der Waals surface area contributed by atoms with Crippen molar-refractivity contribution in [2.75, 3.05) is 21.3 Å². The van der Waals surface area contributed by atoms with Gasteiger partial charge in [-0.1, -0.05) is 0 Å². The third-order valence-electron chi connectivity index (χ3n) is 3.39. The van der Waals surface area contributed by atoms with Crippen molar-refractivity contribution < 1.29 is 28.2 Å². The molecule has 0 fully saturated rings. The molecule has 0 radical (unpaired) electrons. The zero-order chi connectivity index (χ0) is 18.0. The average Bonchev–Trinajstić information content (AvgIpc) is 3.20. The lowest BCUT2D eigenvalue weighted by molar-refractivity contribution is -0.130. The number of cyclic esters (lactones) is 1. The van der Waals surface area contributed by atoms with Crippen molar-refractivity contribution in [3.8, 4) is 17.2 Å². The number of furan rings is 1. The first-order valence-electron chi connectivity index (χ1n) is 7.14. The van der Waals surface area contributed by atoms with E-state index in [1.807, 2.05) is 0 Å². The van der Waals surface area contributed by atoms with Crippen LogP contribution < -0.4 is 14.2 Å². The number of carbonyl (C=O) groups is 1. The number of carbonyl (C=O) groups excluding carboxylic acids is 1. The molecule has 0 atom stereocenters. The largest absolute Gasteiger partial charge is 0.493 e. The fraction of sp³-hybridized carbons (Fsp3) is 0.176. The predicted octanol–water partition coefficient (Wildman–Crippen LogP) is 3.41. The number of methoxy groups -OCH3 is 3. The highest BCUT2D eigenvalue weighted by Crippen LogP contribution is 2.39. The highest BCUT2D eigenvalue weighted by Gasteiger charge is 2.26. The number of aliphatic imine (C=N–C) groups is 1. The summed E-state index contributed by atoms with van der Waals surface area (Å²) in [5, 5.41) is 0. The Morgan fingerprint density at radius 1 is 1.08 bits per heavy atom. The number of hydrogen-bond acceptors (Lipinski definition) is 7. The highest BCUT2D eigenvalue weighted by atomic mass is 79.9. The maximum atomic E-state index is 12.1. The molecule has 0 bridgehead atoms. The number of ether oxygens (including phenoxy) is 4. The van der Waals surface area contributed by atoms with Crippen molar-refractivity contribution in [2.24, 2.45) is 4.99 Å². The first-order valence-corrected chi connectivity index (χ1v) is 7.93. The summed E-state index contributed by atoms with van der Waals surface area (Å²) in [7, 11) is 4.55. The van der Waals surface area contributed by atoms with Gasteiger partial charge in [-0.05, 0) is 51.8 Å². The standard InChI is InChI=1S/C17H14BrNO6/c1-21-12-7-9(8-13(22-2)15(12)23-3)6-10-17(20)25-16(19-10)11-4-5-14(18)24-11/h4-8H,1-3H3/b10-6+. The minimum absolute atomic E-state index is 0.106. The zero-order valence-corrected chi connectivity index (χ0v) is 15.2. The predicted molar refractivity (Wildman–Crippen MR) is 93.1 cm³/mol. The Morgan fingerprint density at radius 3 is 2.28 bits per heavy atom. The number of nitrogens with zero attached hydrogens (tertiary/aromatic N) is 1. The van der Waals surface area contributed by atoms with Crippen molar-refractivity contribution in [2.45, 2.75) is 0 Å². The highest BCUT2D eigenvalue weighted by molar-refractivity contribution is 9.10. The molecule has 7 nitrogen and oxygen atoms in total. The molecule has 1 aromatic carbocycles. The van der Waals surface area contributed by atoms with Gasteiger partial charge in [0.1, 0.15) is 0 Å². The molecule has 3 rings (SSSR count). The van der Waals surface area contributed by atoms with Gasteiger partial charge < -0.3 is 23.4 Å². The van der Waals surface area contributed by atoms with Crippen LogP contribution in [0.5, 0.6) is 17.2 Å². The Balaban J connectivity index is 2.00. The maximum Gasteiger partial charge on any atom is 0.363 e. The molecule has 0 saturated heterocycles. The van der Waals surface area contributed by atoms with Gasteiger partial charge in [-0.2, -0.15) is 0 Å². The summed E-state index contributed by atoms with van der Waals surface area (Å²) in [6, 6.07) is 6.75. The monoisotopic (exact) mass is 407 g/mol. The van der Waals surface area contributed by atoms with E-state index >= 15 is 0 Å². The smallest absolute Gasteiger partial charge is 0.363 e. The fourth-order valence-corrected chi connectivity index (χ4v) is 2.59.